The van der Waals surface area contributed by atoms with E-state index in [1.54, 1.807) is 0 Å². The van der Waals surface area contributed by atoms with Gasteiger partial charge >= 0.3 is 0 Å². The summed E-state index contributed by atoms with van der Waals surface area (Å²) in [6.45, 7) is 11.6. The van der Waals surface area contributed by atoms with Crippen LogP contribution < -0.4 is 5.32 Å². The van der Waals surface area contributed by atoms with Crippen LogP contribution in [0.1, 0.15) is 46.6 Å². The number of carbonyl (C=O) groups excluding carboxylic acids is 1. The Labute approximate surface area is 127 Å². The Morgan fingerprint density at radius 1 is 1.10 bits per heavy atom. The molecule has 1 rings (SSSR count). The highest BCUT2D eigenvalue weighted by molar-refractivity contribution is 8.00. The minimum atomic E-state index is -0.123. The summed E-state index contributed by atoms with van der Waals surface area (Å²) < 4.78 is 0.258. The molecule has 0 aliphatic rings. The van der Waals surface area contributed by atoms with Crippen LogP contribution >= 0.6 is 11.8 Å². The number of amides is 1. The molecule has 0 aliphatic heterocycles. The molecular weight excluding hydrogens is 266 g/mol. The van der Waals surface area contributed by atoms with E-state index in [-0.39, 0.29) is 16.1 Å². The Balaban J connectivity index is 2.39. The molecule has 112 valence electrons. The molecule has 0 saturated heterocycles. The third-order valence-corrected chi connectivity index (χ3v) is 4.39. The molecule has 1 aromatic rings. The summed E-state index contributed by atoms with van der Waals surface area (Å²) in [5.74, 6) is 1.09. The molecule has 0 heterocycles. The molecule has 0 fully saturated rings. The van der Waals surface area contributed by atoms with E-state index in [1.807, 2.05) is 30.0 Å². The maximum atomic E-state index is 12.0. The zero-order valence-corrected chi connectivity index (χ0v) is 14.1. The van der Waals surface area contributed by atoms with Gasteiger partial charge in [-0.1, -0.05) is 65.0 Å². The van der Waals surface area contributed by atoms with E-state index in [1.165, 1.54) is 5.56 Å². The van der Waals surface area contributed by atoms with Crippen LogP contribution in [0.25, 0.3) is 0 Å². The fourth-order valence-corrected chi connectivity index (χ4v) is 2.82. The molecule has 0 radical (unpaired) electrons. The summed E-state index contributed by atoms with van der Waals surface area (Å²) in [5.41, 5.74) is 1.09. The molecule has 0 saturated carbocycles. The Morgan fingerprint density at radius 2 is 1.70 bits per heavy atom. The van der Waals surface area contributed by atoms with E-state index in [4.69, 9.17) is 0 Å². The third kappa shape index (κ3) is 6.47. The molecule has 0 spiro atoms. The Bertz CT molecular complexity index is 420. The van der Waals surface area contributed by atoms with Gasteiger partial charge in [0.05, 0.1) is 0 Å². The molecule has 2 nitrogen and oxygen atoms in total. The van der Waals surface area contributed by atoms with Crippen molar-refractivity contribution >= 4 is 17.7 Å². The lowest BCUT2D eigenvalue weighted by Crippen LogP contribution is -2.32. The number of rotatable bonds is 6. The largest absolute Gasteiger partial charge is 0.355 e. The van der Waals surface area contributed by atoms with Crippen LogP contribution in [-0.4, -0.2) is 23.0 Å². The van der Waals surface area contributed by atoms with Gasteiger partial charge in [-0.25, -0.2) is 0 Å². The molecule has 0 unspecified atom stereocenters. The minimum Gasteiger partial charge on any atom is -0.355 e. The van der Waals surface area contributed by atoms with Crippen LogP contribution in [0.4, 0.5) is 0 Å². The maximum absolute atomic E-state index is 12.0. The first-order valence-corrected chi connectivity index (χ1v) is 8.15. The highest BCUT2D eigenvalue weighted by atomic mass is 32.2. The normalized spacial score (nSPS) is 12.2. The van der Waals surface area contributed by atoms with Gasteiger partial charge in [0.1, 0.15) is 0 Å². The maximum Gasteiger partial charge on any atom is 0.220 e. The fourth-order valence-electron chi connectivity index (χ4n) is 2.00. The molecule has 0 bridgehead atoms. The van der Waals surface area contributed by atoms with Gasteiger partial charge in [-0.05, 0) is 11.0 Å². The van der Waals surface area contributed by atoms with Crippen LogP contribution in [0.15, 0.2) is 30.3 Å². The molecule has 1 aromatic carbocycles. The number of thioether (sulfide) groups is 1. The van der Waals surface area contributed by atoms with Crippen molar-refractivity contribution < 1.29 is 4.79 Å². The lowest BCUT2D eigenvalue weighted by molar-refractivity contribution is -0.122. The predicted molar refractivity (Wildman–Crippen MR) is 89.3 cm³/mol. The van der Waals surface area contributed by atoms with Crippen molar-refractivity contribution in [3.63, 3.8) is 0 Å². The highest BCUT2D eigenvalue weighted by Crippen LogP contribution is 2.26. The van der Waals surface area contributed by atoms with Crippen molar-refractivity contribution in [1.82, 2.24) is 5.32 Å². The molecule has 20 heavy (non-hydrogen) atoms. The molecule has 1 amide bonds. The van der Waals surface area contributed by atoms with Crippen LogP contribution in [0.2, 0.25) is 0 Å². The Hall–Kier alpha value is -0.960. The van der Waals surface area contributed by atoms with Crippen molar-refractivity contribution in [3.05, 3.63) is 35.9 Å². The first-order valence-electron chi connectivity index (χ1n) is 7.17. The van der Waals surface area contributed by atoms with Crippen molar-refractivity contribution in [2.45, 2.75) is 51.2 Å². The van der Waals surface area contributed by atoms with E-state index in [2.05, 4.69) is 52.1 Å². The van der Waals surface area contributed by atoms with Gasteiger partial charge in [0, 0.05) is 23.5 Å². The molecular formula is C17H27NOS. The molecule has 1 N–H and O–H groups in total. The zero-order valence-electron chi connectivity index (χ0n) is 13.3. The smallest absolute Gasteiger partial charge is 0.220 e. The SMILES string of the molecule is CC(C)(C)SCCNC(=O)CC(C)(C)c1ccccc1. The third-order valence-electron chi connectivity index (χ3n) is 3.12. The summed E-state index contributed by atoms with van der Waals surface area (Å²) in [4.78, 5) is 12.0. The molecule has 0 atom stereocenters. The monoisotopic (exact) mass is 293 g/mol. The van der Waals surface area contributed by atoms with E-state index in [9.17, 15) is 4.79 Å². The number of nitrogens with one attached hydrogen (secondary N) is 1. The number of carbonyl (C=O) groups is 1. The lowest BCUT2D eigenvalue weighted by atomic mass is 9.81. The van der Waals surface area contributed by atoms with Gasteiger partial charge in [0.15, 0.2) is 0 Å². The van der Waals surface area contributed by atoms with Crippen LogP contribution in [0.5, 0.6) is 0 Å². The van der Waals surface area contributed by atoms with Crippen LogP contribution in [0, 0.1) is 0 Å². The zero-order chi connectivity index (χ0) is 15.2. The Kier molecular flexibility index (Phi) is 6.12. The minimum absolute atomic E-state index is 0.123. The summed E-state index contributed by atoms with van der Waals surface area (Å²) >= 11 is 1.88. The Morgan fingerprint density at radius 3 is 2.25 bits per heavy atom. The van der Waals surface area contributed by atoms with Crippen molar-refractivity contribution in [1.29, 1.82) is 0 Å². The van der Waals surface area contributed by atoms with Crippen molar-refractivity contribution in [2.75, 3.05) is 12.3 Å². The topological polar surface area (TPSA) is 29.1 Å². The molecule has 0 aliphatic carbocycles. The van der Waals surface area contributed by atoms with Gasteiger partial charge < -0.3 is 5.32 Å². The molecule has 0 aromatic heterocycles. The van der Waals surface area contributed by atoms with Gasteiger partial charge in [0.25, 0.3) is 0 Å². The average Bonchev–Trinajstić information content (AvgIpc) is 2.34. The molecule has 3 heteroatoms. The van der Waals surface area contributed by atoms with E-state index in [0.29, 0.717) is 6.42 Å². The number of hydrogen-bond donors (Lipinski definition) is 1. The highest BCUT2D eigenvalue weighted by Gasteiger charge is 2.23. The van der Waals surface area contributed by atoms with Gasteiger partial charge in [0.2, 0.25) is 5.91 Å². The summed E-state index contributed by atoms with van der Waals surface area (Å²) in [7, 11) is 0. The average molecular weight is 293 g/mol. The number of benzene rings is 1. The van der Waals surface area contributed by atoms with Crippen LogP contribution in [-0.2, 0) is 10.2 Å². The van der Waals surface area contributed by atoms with Crippen molar-refractivity contribution in [2.24, 2.45) is 0 Å². The second-order valence-corrected chi connectivity index (χ2v) is 8.66. The van der Waals surface area contributed by atoms with Crippen molar-refractivity contribution in [3.8, 4) is 0 Å². The standard InChI is InChI=1S/C17H27NOS/c1-16(2,3)20-12-11-18-15(19)13-17(4,5)14-9-7-6-8-10-14/h6-10H,11-13H2,1-5H3,(H,18,19). The van der Waals surface area contributed by atoms with Gasteiger partial charge in [-0.2, -0.15) is 11.8 Å². The summed E-state index contributed by atoms with van der Waals surface area (Å²) in [5, 5.41) is 3.02. The predicted octanol–water partition coefficient (Wildman–Crippen LogP) is 4.00. The fraction of sp³-hybridized carbons (Fsp3) is 0.588. The second-order valence-electron chi connectivity index (χ2n) is 6.74. The van der Waals surface area contributed by atoms with E-state index < -0.39 is 0 Å². The quantitative estimate of drug-likeness (QED) is 0.803. The lowest BCUT2D eigenvalue weighted by Gasteiger charge is -2.24. The second kappa shape index (κ2) is 7.16. The summed E-state index contributed by atoms with van der Waals surface area (Å²) in [6.07, 6.45) is 0.525. The van der Waals surface area contributed by atoms with E-state index >= 15 is 0 Å². The first-order chi connectivity index (χ1) is 9.21. The first kappa shape index (κ1) is 17.1. The van der Waals surface area contributed by atoms with Crippen LogP contribution in [0.3, 0.4) is 0 Å². The number of hydrogen-bond acceptors (Lipinski definition) is 2. The van der Waals surface area contributed by atoms with Gasteiger partial charge in [-0.3, -0.25) is 4.79 Å². The summed E-state index contributed by atoms with van der Waals surface area (Å²) in [6, 6.07) is 10.2. The van der Waals surface area contributed by atoms with Gasteiger partial charge in [-0.15, -0.1) is 0 Å². The van der Waals surface area contributed by atoms with E-state index in [0.717, 1.165) is 12.3 Å².